The van der Waals surface area contributed by atoms with E-state index in [-0.39, 0.29) is 6.61 Å². The number of benzene rings is 2. The van der Waals surface area contributed by atoms with Crippen LogP contribution in [0.3, 0.4) is 0 Å². The summed E-state index contributed by atoms with van der Waals surface area (Å²) in [6.45, 7) is 0.101. The number of rotatable bonds is 5. The number of carbonyl (C=O) groups excluding carboxylic acids is 1. The highest BCUT2D eigenvalue weighted by atomic mass is 35.5. The van der Waals surface area contributed by atoms with Gasteiger partial charge in [-0.1, -0.05) is 29.8 Å². The van der Waals surface area contributed by atoms with Crippen molar-refractivity contribution in [3.63, 3.8) is 0 Å². The SMILES string of the molecule is O=Cc1ccc(OCC(O)c2ccccc2Cl)cc1. The quantitative estimate of drug-likeness (QED) is 0.853. The molecule has 98 valence electrons. The van der Waals surface area contributed by atoms with Crippen molar-refractivity contribution in [1.29, 1.82) is 0 Å². The first-order chi connectivity index (χ1) is 9.20. The molecule has 0 aliphatic heterocycles. The summed E-state index contributed by atoms with van der Waals surface area (Å²) in [4.78, 5) is 10.5. The van der Waals surface area contributed by atoms with Gasteiger partial charge in [-0.05, 0) is 30.3 Å². The maximum absolute atomic E-state index is 10.5. The summed E-state index contributed by atoms with van der Waals surface area (Å²) in [6.07, 6.45) is -0.0259. The summed E-state index contributed by atoms with van der Waals surface area (Å²) in [6, 6.07) is 13.8. The molecule has 19 heavy (non-hydrogen) atoms. The lowest BCUT2D eigenvalue weighted by Gasteiger charge is -2.14. The molecular weight excluding hydrogens is 264 g/mol. The second-order valence-corrected chi connectivity index (χ2v) is 4.44. The summed E-state index contributed by atoms with van der Waals surface area (Å²) in [5, 5.41) is 10.5. The first-order valence-electron chi connectivity index (χ1n) is 5.81. The molecule has 2 rings (SSSR count). The molecule has 0 spiro atoms. The van der Waals surface area contributed by atoms with E-state index in [4.69, 9.17) is 16.3 Å². The van der Waals surface area contributed by atoms with Crippen LogP contribution >= 0.6 is 11.6 Å². The lowest BCUT2D eigenvalue weighted by molar-refractivity contribution is 0.108. The van der Waals surface area contributed by atoms with Crippen molar-refractivity contribution in [2.75, 3.05) is 6.61 Å². The van der Waals surface area contributed by atoms with Gasteiger partial charge in [0.2, 0.25) is 0 Å². The van der Waals surface area contributed by atoms with Crippen LogP contribution in [0.25, 0.3) is 0 Å². The minimum absolute atomic E-state index is 0.101. The Morgan fingerprint density at radius 2 is 1.84 bits per heavy atom. The molecule has 1 atom stereocenters. The molecule has 1 N–H and O–H groups in total. The van der Waals surface area contributed by atoms with Gasteiger partial charge < -0.3 is 9.84 Å². The van der Waals surface area contributed by atoms with Gasteiger partial charge in [0.25, 0.3) is 0 Å². The van der Waals surface area contributed by atoms with Gasteiger partial charge in [0, 0.05) is 16.1 Å². The molecule has 0 bridgehead atoms. The van der Waals surface area contributed by atoms with Crippen LogP contribution in [0.15, 0.2) is 48.5 Å². The van der Waals surface area contributed by atoms with Crippen LogP contribution < -0.4 is 4.74 Å². The minimum Gasteiger partial charge on any atom is -0.491 e. The number of carbonyl (C=O) groups is 1. The van der Waals surface area contributed by atoms with Crippen molar-refractivity contribution in [2.24, 2.45) is 0 Å². The zero-order chi connectivity index (χ0) is 13.7. The van der Waals surface area contributed by atoms with Crippen LogP contribution in [0.2, 0.25) is 5.02 Å². The average Bonchev–Trinajstić information content (AvgIpc) is 2.46. The number of hydrogen-bond donors (Lipinski definition) is 1. The number of aldehydes is 1. The first kappa shape index (κ1) is 13.6. The minimum atomic E-state index is -0.792. The Bertz CT molecular complexity index is 552. The highest BCUT2D eigenvalue weighted by molar-refractivity contribution is 6.31. The van der Waals surface area contributed by atoms with Gasteiger partial charge in [0.1, 0.15) is 24.7 Å². The van der Waals surface area contributed by atoms with Crippen LogP contribution in [0.4, 0.5) is 0 Å². The molecule has 0 heterocycles. The van der Waals surface area contributed by atoms with Gasteiger partial charge in [-0.25, -0.2) is 0 Å². The van der Waals surface area contributed by atoms with Crippen molar-refractivity contribution in [2.45, 2.75) is 6.10 Å². The highest BCUT2D eigenvalue weighted by Crippen LogP contribution is 2.23. The molecular formula is C15H13ClO3. The third-order valence-corrected chi connectivity index (χ3v) is 3.03. The van der Waals surface area contributed by atoms with E-state index < -0.39 is 6.10 Å². The molecule has 0 aromatic heterocycles. The van der Waals surface area contributed by atoms with Gasteiger partial charge in [0.15, 0.2) is 0 Å². The Labute approximate surface area is 116 Å². The number of aliphatic hydroxyl groups excluding tert-OH is 1. The predicted octanol–water partition coefficient (Wildman–Crippen LogP) is 3.26. The molecule has 0 saturated heterocycles. The summed E-state index contributed by atoms with van der Waals surface area (Å²) in [5.74, 6) is 0.594. The third kappa shape index (κ3) is 3.56. The standard InChI is InChI=1S/C15H13ClO3/c16-14-4-2-1-3-13(14)15(18)10-19-12-7-5-11(9-17)6-8-12/h1-9,15,18H,10H2. The molecule has 0 fully saturated rings. The van der Waals surface area contributed by atoms with Crippen molar-refractivity contribution >= 4 is 17.9 Å². The molecule has 0 amide bonds. The number of halogens is 1. The zero-order valence-electron chi connectivity index (χ0n) is 10.1. The number of hydrogen-bond acceptors (Lipinski definition) is 3. The summed E-state index contributed by atoms with van der Waals surface area (Å²) in [7, 11) is 0. The fraction of sp³-hybridized carbons (Fsp3) is 0.133. The Hall–Kier alpha value is -1.84. The Balaban J connectivity index is 1.98. The summed E-state index contributed by atoms with van der Waals surface area (Å²) < 4.78 is 5.45. The van der Waals surface area contributed by atoms with Crippen LogP contribution in [0.5, 0.6) is 5.75 Å². The fourth-order valence-electron chi connectivity index (χ4n) is 1.65. The Morgan fingerprint density at radius 3 is 2.47 bits per heavy atom. The van der Waals surface area contributed by atoms with Gasteiger partial charge >= 0.3 is 0 Å². The predicted molar refractivity (Wildman–Crippen MR) is 73.7 cm³/mol. The van der Waals surface area contributed by atoms with E-state index >= 15 is 0 Å². The first-order valence-corrected chi connectivity index (χ1v) is 6.19. The average molecular weight is 277 g/mol. The smallest absolute Gasteiger partial charge is 0.150 e. The topological polar surface area (TPSA) is 46.5 Å². The lowest BCUT2D eigenvalue weighted by atomic mass is 10.1. The molecule has 0 saturated carbocycles. The van der Waals surface area contributed by atoms with Crippen molar-refractivity contribution in [3.8, 4) is 5.75 Å². The Morgan fingerprint density at radius 1 is 1.16 bits per heavy atom. The van der Waals surface area contributed by atoms with E-state index in [0.717, 1.165) is 6.29 Å². The Kier molecular flexibility index (Phi) is 4.55. The van der Waals surface area contributed by atoms with E-state index in [1.807, 2.05) is 6.07 Å². The van der Waals surface area contributed by atoms with E-state index in [9.17, 15) is 9.90 Å². The molecule has 2 aromatic carbocycles. The molecule has 0 aliphatic rings. The summed E-state index contributed by atoms with van der Waals surface area (Å²) in [5.41, 5.74) is 1.22. The van der Waals surface area contributed by atoms with Gasteiger partial charge in [-0.15, -0.1) is 0 Å². The number of ether oxygens (including phenoxy) is 1. The zero-order valence-corrected chi connectivity index (χ0v) is 10.9. The van der Waals surface area contributed by atoms with Gasteiger partial charge in [-0.3, -0.25) is 4.79 Å². The molecule has 0 aliphatic carbocycles. The summed E-state index contributed by atoms with van der Waals surface area (Å²) >= 11 is 5.99. The highest BCUT2D eigenvalue weighted by Gasteiger charge is 2.11. The fourth-order valence-corrected chi connectivity index (χ4v) is 1.91. The lowest BCUT2D eigenvalue weighted by Crippen LogP contribution is -2.10. The van der Waals surface area contributed by atoms with E-state index in [2.05, 4.69) is 0 Å². The molecule has 2 aromatic rings. The maximum atomic E-state index is 10.5. The normalized spacial score (nSPS) is 11.9. The van der Waals surface area contributed by atoms with Crippen LogP contribution in [0.1, 0.15) is 22.0 Å². The molecule has 4 heteroatoms. The largest absolute Gasteiger partial charge is 0.491 e. The molecule has 0 radical (unpaired) electrons. The number of aliphatic hydroxyl groups is 1. The van der Waals surface area contributed by atoms with Crippen molar-refractivity contribution < 1.29 is 14.6 Å². The second kappa shape index (κ2) is 6.36. The van der Waals surface area contributed by atoms with Crippen LogP contribution in [-0.4, -0.2) is 18.0 Å². The second-order valence-electron chi connectivity index (χ2n) is 4.04. The molecule has 3 nitrogen and oxygen atoms in total. The van der Waals surface area contributed by atoms with Crippen LogP contribution in [0, 0.1) is 0 Å². The third-order valence-electron chi connectivity index (χ3n) is 2.69. The van der Waals surface area contributed by atoms with Crippen LogP contribution in [-0.2, 0) is 0 Å². The van der Waals surface area contributed by atoms with Gasteiger partial charge in [-0.2, -0.15) is 0 Å². The monoisotopic (exact) mass is 276 g/mol. The molecule has 1 unspecified atom stereocenters. The van der Waals surface area contributed by atoms with Crippen molar-refractivity contribution in [1.82, 2.24) is 0 Å². The van der Waals surface area contributed by atoms with Crippen molar-refractivity contribution in [3.05, 3.63) is 64.7 Å². The maximum Gasteiger partial charge on any atom is 0.150 e. The van der Waals surface area contributed by atoms with Gasteiger partial charge in [0.05, 0.1) is 0 Å². The van der Waals surface area contributed by atoms with E-state index in [1.165, 1.54) is 0 Å². The van der Waals surface area contributed by atoms with E-state index in [0.29, 0.717) is 21.9 Å². The van der Waals surface area contributed by atoms with E-state index in [1.54, 1.807) is 42.5 Å².